The Balaban J connectivity index is 3.92. The first kappa shape index (κ1) is 10.2. The van der Waals surface area contributed by atoms with Gasteiger partial charge in [0.05, 0.1) is 0 Å². The van der Waals surface area contributed by atoms with Crippen LogP contribution in [0.4, 0.5) is 0 Å². The highest BCUT2D eigenvalue weighted by molar-refractivity contribution is 8.14. The molecule has 0 unspecified atom stereocenters. The lowest BCUT2D eigenvalue weighted by molar-refractivity contribution is -0.138. The first-order valence-corrected chi connectivity index (χ1v) is 3.82. The van der Waals surface area contributed by atoms with Crippen molar-refractivity contribution in [2.24, 2.45) is 11.5 Å². The van der Waals surface area contributed by atoms with Crippen LogP contribution < -0.4 is 11.5 Å². The summed E-state index contributed by atoms with van der Waals surface area (Å²) < 4.78 is 0. The van der Waals surface area contributed by atoms with E-state index in [9.17, 15) is 4.79 Å². The number of nitrogens with two attached hydrogens (primary N) is 2. The second-order valence-corrected chi connectivity index (χ2v) is 3.47. The maximum atomic E-state index is 10.3. The number of amidine groups is 1. The summed E-state index contributed by atoms with van der Waals surface area (Å²) in [4.78, 5) is 10.3. The molecule has 2 atom stereocenters. The second-order valence-electron chi connectivity index (χ2n) is 2.05. The van der Waals surface area contributed by atoms with Gasteiger partial charge in [-0.3, -0.25) is 10.2 Å². The Kier molecular flexibility index (Phi) is 3.91. The van der Waals surface area contributed by atoms with Crippen molar-refractivity contribution >= 4 is 22.9 Å². The van der Waals surface area contributed by atoms with Crippen LogP contribution in [0.15, 0.2) is 0 Å². The molecule has 0 bridgehead atoms. The minimum Gasteiger partial charge on any atom is -0.480 e. The average Bonchev–Trinajstić information content (AvgIpc) is 1.84. The van der Waals surface area contributed by atoms with Crippen LogP contribution in [0.5, 0.6) is 0 Å². The molecule has 0 amide bonds. The fourth-order valence-corrected chi connectivity index (χ4v) is 1.14. The van der Waals surface area contributed by atoms with Crippen LogP contribution in [0.1, 0.15) is 6.92 Å². The number of hydrogen-bond acceptors (Lipinski definition) is 4. The molecule has 11 heavy (non-hydrogen) atoms. The van der Waals surface area contributed by atoms with Crippen molar-refractivity contribution in [1.82, 2.24) is 0 Å². The molecule has 6 heteroatoms. The third-order valence-corrected chi connectivity index (χ3v) is 2.02. The number of hydrogen-bond donors (Lipinski definition) is 4. The molecule has 0 rings (SSSR count). The standard InChI is InChI=1S/C5H11N3O2S/c1-2(11-5(7)8)3(6)4(9)10/h2-3H,6H2,1H3,(H3,7,8)(H,9,10)/t2-,3-/m0/s1. The van der Waals surface area contributed by atoms with Crippen LogP contribution in [0.3, 0.4) is 0 Å². The van der Waals surface area contributed by atoms with Gasteiger partial charge in [-0.05, 0) is 0 Å². The van der Waals surface area contributed by atoms with Gasteiger partial charge in [0.1, 0.15) is 6.04 Å². The number of carboxylic acids is 1. The predicted octanol–water partition coefficient (Wildman–Crippen LogP) is -0.587. The van der Waals surface area contributed by atoms with E-state index in [1.165, 1.54) is 0 Å². The van der Waals surface area contributed by atoms with Crippen LogP contribution >= 0.6 is 11.8 Å². The quantitative estimate of drug-likeness (QED) is 0.340. The molecule has 0 radical (unpaired) electrons. The van der Waals surface area contributed by atoms with Gasteiger partial charge in [-0.25, -0.2) is 0 Å². The molecule has 0 fully saturated rings. The Morgan fingerprint density at radius 2 is 2.18 bits per heavy atom. The monoisotopic (exact) mass is 177 g/mol. The number of thioether (sulfide) groups is 1. The highest BCUT2D eigenvalue weighted by Crippen LogP contribution is 2.11. The molecule has 0 heterocycles. The number of carbonyl (C=O) groups is 1. The van der Waals surface area contributed by atoms with Gasteiger partial charge in [0, 0.05) is 5.25 Å². The van der Waals surface area contributed by atoms with Gasteiger partial charge < -0.3 is 16.6 Å². The molecule has 0 aromatic heterocycles. The highest BCUT2D eigenvalue weighted by Gasteiger charge is 2.20. The first-order valence-electron chi connectivity index (χ1n) is 2.94. The van der Waals surface area contributed by atoms with Gasteiger partial charge in [0.15, 0.2) is 5.17 Å². The van der Waals surface area contributed by atoms with E-state index in [4.69, 9.17) is 22.0 Å². The zero-order valence-electron chi connectivity index (χ0n) is 6.07. The summed E-state index contributed by atoms with van der Waals surface area (Å²) in [6, 6.07) is -0.969. The Bertz CT molecular complexity index is 173. The Labute approximate surface area is 68.6 Å². The van der Waals surface area contributed by atoms with Crippen molar-refractivity contribution < 1.29 is 9.90 Å². The average molecular weight is 177 g/mol. The largest absolute Gasteiger partial charge is 0.480 e. The van der Waals surface area contributed by atoms with E-state index >= 15 is 0 Å². The van der Waals surface area contributed by atoms with Crippen molar-refractivity contribution in [3.63, 3.8) is 0 Å². The van der Waals surface area contributed by atoms with Crippen molar-refractivity contribution in [3.05, 3.63) is 0 Å². The van der Waals surface area contributed by atoms with Crippen molar-refractivity contribution in [2.45, 2.75) is 18.2 Å². The minimum absolute atomic E-state index is 0.116. The van der Waals surface area contributed by atoms with Crippen LogP contribution in [0.25, 0.3) is 0 Å². The Morgan fingerprint density at radius 1 is 1.73 bits per heavy atom. The Morgan fingerprint density at radius 3 is 2.45 bits per heavy atom. The smallest absolute Gasteiger partial charge is 0.321 e. The van der Waals surface area contributed by atoms with Gasteiger partial charge in [-0.2, -0.15) is 0 Å². The molecule has 5 nitrogen and oxygen atoms in total. The number of nitrogens with one attached hydrogen (secondary N) is 1. The van der Waals surface area contributed by atoms with Crippen LogP contribution in [0, 0.1) is 5.41 Å². The summed E-state index contributed by atoms with van der Waals surface area (Å²) in [6.07, 6.45) is 0. The molecule has 0 aromatic carbocycles. The summed E-state index contributed by atoms with van der Waals surface area (Å²) in [5.41, 5.74) is 10.3. The predicted molar refractivity (Wildman–Crippen MR) is 44.6 cm³/mol. The third-order valence-electron chi connectivity index (χ3n) is 1.10. The molecule has 0 saturated carbocycles. The molecule has 0 aliphatic heterocycles. The maximum absolute atomic E-state index is 10.3. The zero-order chi connectivity index (χ0) is 9.02. The topological polar surface area (TPSA) is 113 Å². The fraction of sp³-hybridized carbons (Fsp3) is 0.600. The van der Waals surface area contributed by atoms with Crippen molar-refractivity contribution in [2.75, 3.05) is 0 Å². The lowest BCUT2D eigenvalue weighted by Gasteiger charge is -2.13. The SMILES string of the molecule is C[C@H](SC(=N)N)[C@H](N)C(=O)O. The van der Waals surface area contributed by atoms with E-state index in [-0.39, 0.29) is 10.4 Å². The zero-order valence-corrected chi connectivity index (χ0v) is 6.89. The van der Waals surface area contributed by atoms with Gasteiger partial charge in [-0.15, -0.1) is 0 Å². The minimum atomic E-state index is -1.08. The number of carboxylic acid groups (broad SMARTS) is 1. The van der Waals surface area contributed by atoms with Crippen molar-refractivity contribution in [3.8, 4) is 0 Å². The van der Waals surface area contributed by atoms with E-state index in [0.29, 0.717) is 0 Å². The summed E-state index contributed by atoms with van der Waals surface area (Å²) >= 11 is 0.946. The summed E-state index contributed by atoms with van der Waals surface area (Å²) in [5, 5.41) is 14.8. The summed E-state index contributed by atoms with van der Waals surface area (Å²) in [7, 11) is 0. The molecule has 0 aliphatic rings. The highest BCUT2D eigenvalue weighted by atomic mass is 32.2. The van der Waals surface area contributed by atoms with Gasteiger partial charge in [0.25, 0.3) is 0 Å². The molecule has 0 spiro atoms. The van der Waals surface area contributed by atoms with E-state index in [0.717, 1.165) is 11.8 Å². The lowest BCUT2D eigenvalue weighted by atomic mass is 10.2. The van der Waals surface area contributed by atoms with Gasteiger partial charge >= 0.3 is 5.97 Å². The lowest BCUT2D eigenvalue weighted by Crippen LogP contribution is -2.39. The Hall–Kier alpha value is -0.750. The molecule has 0 saturated heterocycles. The van der Waals surface area contributed by atoms with Gasteiger partial charge in [0.2, 0.25) is 0 Å². The third kappa shape index (κ3) is 3.84. The van der Waals surface area contributed by atoms with Crippen LogP contribution in [-0.4, -0.2) is 27.5 Å². The van der Waals surface area contributed by atoms with Crippen LogP contribution in [0.2, 0.25) is 0 Å². The number of rotatable bonds is 3. The van der Waals surface area contributed by atoms with E-state index in [2.05, 4.69) is 0 Å². The first-order chi connectivity index (χ1) is 4.95. The molecular weight excluding hydrogens is 166 g/mol. The normalized spacial score (nSPS) is 15.5. The number of aliphatic carboxylic acids is 1. The fourth-order valence-electron chi connectivity index (χ4n) is 0.474. The molecule has 64 valence electrons. The molecule has 0 aromatic rings. The van der Waals surface area contributed by atoms with Gasteiger partial charge in [-0.1, -0.05) is 18.7 Å². The van der Waals surface area contributed by atoms with Crippen molar-refractivity contribution in [1.29, 1.82) is 5.41 Å². The second kappa shape index (κ2) is 4.20. The summed E-state index contributed by atoms with van der Waals surface area (Å²) in [6.45, 7) is 1.62. The van der Waals surface area contributed by atoms with E-state index < -0.39 is 12.0 Å². The maximum Gasteiger partial charge on any atom is 0.321 e. The molecule has 6 N–H and O–H groups in total. The summed E-state index contributed by atoms with van der Waals surface area (Å²) in [5.74, 6) is -1.08. The molecular formula is C5H11N3O2S. The molecule has 0 aliphatic carbocycles. The van der Waals surface area contributed by atoms with E-state index in [1.54, 1.807) is 6.92 Å². The van der Waals surface area contributed by atoms with Crippen LogP contribution in [-0.2, 0) is 4.79 Å². The van der Waals surface area contributed by atoms with E-state index in [1.807, 2.05) is 0 Å².